The van der Waals surface area contributed by atoms with Crippen LogP contribution < -0.4 is 10.4 Å². The molecule has 1 aromatic carbocycles. The van der Waals surface area contributed by atoms with Crippen LogP contribution in [0.2, 0.25) is 0 Å². The summed E-state index contributed by atoms with van der Waals surface area (Å²) in [7, 11) is 0. The molecule has 29 heavy (non-hydrogen) atoms. The molecule has 2 amide bonds. The van der Waals surface area contributed by atoms with E-state index in [1.165, 1.54) is 6.07 Å². The van der Waals surface area contributed by atoms with Crippen LogP contribution in [-0.4, -0.2) is 53.3 Å². The van der Waals surface area contributed by atoms with Gasteiger partial charge in [0.05, 0.1) is 11.9 Å². The summed E-state index contributed by atoms with van der Waals surface area (Å²) in [6.07, 6.45) is 2.65. The van der Waals surface area contributed by atoms with E-state index in [2.05, 4.69) is 15.3 Å². The summed E-state index contributed by atoms with van der Waals surface area (Å²) in [6, 6.07) is 8.34. The van der Waals surface area contributed by atoms with Crippen LogP contribution >= 0.6 is 0 Å². The topological polar surface area (TPSA) is 68.8 Å². The summed E-state index contributed by atoms with van der Waals surface area (Å²) in [4.78, 5) is 31.7. The zero-order valence-corrected chi connectivity index (χ0v) is 16.8. The lowest BCUT2D eigenvalue weighted by Crippen LogP contribution is -2.48. The zero-order chi connectivity index (χ0) is 20.8. The Hall–Kier alpha value is -3.00. The van der Waals surface area contributed by atoms with Gasteiger partial charge in [0.2, 0.25) is 12.3 Å². The molecule has 0 saturated carbocycles. The number of benzene rings is 1. The highest BCUT2D eigenvalue weighted by Crippen LogP contribution is 2.22. The molecule has 0 spiro atoms. The number of pyridine rings is 1. The fourth-order valence-corrected chi connectivity index (χ4v) is 3.29. The molecule has 3 rings (SSSR count). The number of amides is 2. The van der Waals surface area contributed by atoms with E-state index in [0.29, 0.717) is 38.2 Å². The Labute approximate surface area is 170 Å². The van der Waals surface area contributed by atoms with Crippen LogP contribution in [0, 0.1) is 12.7 Å². The van der Waals surface area contributed by atoms with Gasteiger partial charge in [-0.2, -0.15) is 0 Å². The third-order valence-corrected chi connectivity index (χ3v) is 4.97. The summed E-state index contributed by atoms with van der Waals surface area (Å²) in [5.41, 5.74) is 5.36. The Bertz CT molecular complexity index is 851. The molecule has 154 valence electrons. The molecule has 2 aromatic rings. The minimum absolute atomic E-state index is 0.151. The molecule has 0 aliphatic carbocycles. The molecule has 1 aromatic heterocycles. The van der Waals surface area contributed by atoms with E-state index >= 15 is 0 Å². The van der Waals surface area contributed by atoms with E-state index in [4.69, 9.17) is 0 Å². The van der Waals surface area contributed by atoms with Crippen molar-refractivity contribution in [1.29, 1.82) is 0 Å². The van der Waals surface area contributed by atoms with E-state index in [9.17, 15) is 14.0 Å². The van der Waals surface area contributed by atoms with Crippen molar-refractivity contribution in [2.24, 2.45) is 0 Å². The number of nitrogens with zero attached hydrogens (tertiary/aromatic N) is 4. The monoisotopic (exact) mass is 399 g/mol. The van der Waals surface area contributed by atoms with E-state index in [-0.39, 0.29) is 11.6 Å². The standard InChI is InChI=1S/C21H26FN5O2/c1-3-21(29)26-10-8-25(9-11-26)14-17-5-7-19(22)20(12-17)27(15-28)24-18-6-4-16(2)23-13-18/h4-7,12-13,15,24H,3,8-11,14H2,1-2H3. The summed E-state index contributed by atoms with van der Waals surface area (Å²) < 4.78 is 14.4. The Kier molecular flexibility index (Phi) is 6.77. The molecular weight excluding hydrogens is 373 g/mol. The van der Waals surface area contributed by atoms with Gasteiger partial charge in [-0.1, -0.05) is 13.0 Å². The molecule has 7 nitrogen and oxygen atoms in total. The Morgan fingerprint density at radius 2 is 2.00 bits per heavy atom. The van der Waals surface area contributed by atoms with E-state index in [1.807, 2.05) is 18.7 Å². The van der Waals surface area contributed by atoms with Gasteiger partial charge in [-0.3, -0.25) is 24.9 Å². The van der Waals surface area contributed by atoms with Crippen molar-refractivity contribution < 1.29 is 14.0 Å². The number of aryl methyl sites for hydroxylation is 1. The van der Waals surface area contributed by atoms with Gasteiger partial charge < -0.3 is 4.90 Å². The first-order chi connectivity index (χ1) is 14.0. The predicted molar refractivity (Wildman–Crippen MR) is 110 cm³/mol. The number of hydrogen-bond donors (Lipinski definition) is 1. The average molecular weight is 399 g/mol. The van der Waals surface area contributed by atoms with E-state index in [1.54, 1.807) is 30.5 Å². The maximum Gasteiger partial charge on any atom is 0.232 e. The van der Waals surface area contributed by atoms with Gasteiger partial charge in [-0.05, 0) is 36.8 Å². The smallest absolute Gasteiger partial charge is 0.232 e. The molecule has 1 aliphatic heterocycles. The van der Waals surface area contributed by atoms with E-state index < -0.39 is 5.82 Å². The predicted octanol–water partition coefficient (Wildman–Crippen LogP) is 2.57. The molecular formula is C21H26FN5O2. The summed E-state index contributed by atoms with van der Waals surface area (Å²) in [5.74, 6) is -0.321. The summed E-state index contributed by atoms with van der Waals surface area (Å²) in [6.45, 7) is 7.29. The normalized spacial score (nSPS) is 14.5. The number of aromatic nitrogens is 1. The first-order valence-corrected chi connectivity index (χ1v) is 9.72. The quantitative estimate of drug-likeness (QED) is 0.573. The maximum atomic E-state index is 14.4. The molecule has 1 fully saturated rings. The van der Waals surface area contributed by atoms with Crippen LogP contribution in [-0.2, 0) is 16.1 Å². The van der Waals surface area contributed by atoms with Crippen molar-refractivity contribution in [3.05, 3.63) is 53.6 Å². The van der Waals surface area contributed by atoms with Crippen LogP contribution in [0.15, 0.2) is 36.5 Å². The number of anilines is 2. The average Bonchev–Trinajstić information content (AvgIpc) is 2.75. The van der Waals surface area contributed by atoms with Gasteiger partial charge in [0.25, 0.3) is 0 Å². The second kappa shape index (κ2) is 9.47. The zero-order valence-electron chi connectivity index (χ0n) is 16.8. The Morgan fingerprint density at radius 3 is 2.62 bits per heavy atom. The molecule has 0 radical (unpaired) electrons. The number of nitrogens with one attached hydrogen (secondary N) is 1. The van der Waals surface area contributed by atoms with Crippen LogP contribution in [0.3, 0.4) is 0 Å². The second-order valence-corrected chi connectivity index (χ2v) is 7.07. The lowest BCUT2D eigenvalue weighted by atomic mass is 10.1. The highest BCUT2D eigenvalue weighted by Gasteiger charge is 2.20. The van der Waals surface area contributed by atoms with Gasteiger partial charge in [0.1, 0.15) is 11.5 Å². The highest BCUT2D eigenvalue weighted by atomic mass is 19.1. The van der Waals surface area contributed by atoms with Crippen molar-refractivity contribution in [3.63, 3.8) is 0 Å². The fraction of sp³-hybridized carbons (Fsp3) is 0.381. The molecule has 0 unspecified atom stereocenters. The largest absolute Gasteiger partial charge is 0.340 e. The summed E-state index contributed by atoms with van der Waals surface area (Å²) in [5, 5.41) is 1.11. The first kappa shape index (κ1) is 20.7. The van der Waals surface area contributed by atoms with Crippen LogP contribution in [0.25, 0.3) is 0 Å². The lowest BCUT2D eigenvalue weighted by Gasteiger charge is -2.34. The van der Waals surface area contributed by atoms with Crippen molar-refractivity contribution in [3.8, 4) is 0 Å². The summed E-state index contributed by atoms with van der Waals surface area (Å²) >= 11 is 0. The third kappa shape index (κ3) is 5.29. The molecule has 1 N–H and O–H groups in total. The molecule has 1 saturated heterocycles. The molecule has 0 atom stereocenters. The molecule has 0 bridgehead atoms. The minimum Gasteiger partial charge on any atom is -0.340 e. The SMILES string of the molecule is CCC(=O)N1CCN(Cc2ccc(F)c(N(C=O)Nc3ccc(C)nc3)c2)CC1. The fourth-order valence-electron chi connectivity index (χ4n) is 3.29. The van der Waals surface area contributed by atoms with Gasteiger partial charge in [-0.15, -0.1) is 0 Å². The number of carbonyl (C=O) groups excluding carboxylic acids is 2. The lowest BCUT2D eigenvalue weighted by molar-refractivity contribution is -0.132. The molecule has 8 heteroatoms. The van der Waals surface area contributed by atoms with Crippen molar-refractivity contribution >= 4 is 23.7 Å². The molecule has 2 heterocycles. The van der Waals surface area contributed by atoms with Gasteiger partial charge in [0.15, 0.2) is 0 Å². The second-order valence-electron chi connectivity index (χ2n) is 7.07. The molecule has 1 aliphatic rings. The van der Waals surface area contributed by atoms with Gasteiger partial charge in [-0.25, -0.2) is 9.40 Å². The highest BCUT2D eigenvalue weighted by molar-refractivity contribution is 5.79. The van der Waals surface area contributed by atoms with Gasteiger partial charge in [0, 0.05) is 44.8 Å². The minimum atomic E-state index is -0.494. The van der Waals surface area contributed by atoms with Gasteiger partial charge >= 0.3 is 0 Å². The Morgan fingerprint density at radius 1 is 1.24 bits per heavy atom. The third-order valence-electron chi connectivity index (χ3n) is 4.97. The van der Waals surface area contributed by atoms with Crippen molar-refractivity contribution in [2.75, 3.05) is 36.6 Å². The number of halogens is 1. The first-order valence-electron chi connectivity index (χ1n) is 9.72. The number of hydrazine groups is 1. The van der Waals surface area contributed by atoms with E-state index in [0.717, 1.165) is 29.4 Å². The van der Waals surface area contributed by atoms with Crippen LogP contribution in [0.5, 0.6) is 0 Å². The van der Waals surface area contributed by atoms with Crippen molar-refractivity contribution in [1.82, 2.24) is 14.8 Å². The maximum absolute atomic E-state index is 14.4. The number of piperazine rings is 1. The number of rotatable bonds is 7. The Balaban J connectivity index is 1.68. The number of hydrogen-bond acceptors (Lipinski definition) is 5. The van der Waals surface area contributed by atoms with Crippen LogP contribution in [0.4, 0.5) is 15.8 Å². The van der Waals surface area contributed by atoms with Crippen molar-refractivity contribution in [2.45, 2.75) is 26.8 Å². The number of carbonyl (C=O) groups is 2. The van der Waals surface area contributed by atoms with Crippen LogP contribution in [0.1, 0.15) is 24.6 Å².